The van der Waals surface area contributed by atoms with Crippen LogP contribution in [0.15, 0.2) is 97.2 Å². The standard InChI is InChI=1S/C74H128O6/c1-4-7-10-13-16-19-22-25-27-29-30-31-32-33-34-35-36-37-38-39-40-41-42-43-44-46-47-49-52-55-58-61-64-67-73(76)79-70-71(69-78-72(75)66-63-60-57-54-51-24-21-18-15-12-9-6-3)80-74(77)68-65-62-59-56-53-50-48-45-28-26-23-20-17-14-11-8-5-2/h8,11,17-18,20-22,25-26,28-30,32-33,48,50,71H,4-7,9-10,12-16,19,23-24,27,31,34-47,49,51-70H2,1-3H3/b11-8-,20-17-,21-18-,25-22-,28-26-,30-29-,33-32-,50-48-. The fourth-order valence-electron chi connectivity index (χ4n) is 9.67. The third-order valence-electron chi connectivity index (χ3n) is 14.8. The van der Waals surface area contributed by atoms with Crippen molar-refractivity contribution < 1.29 is 28.6 Å². The number of allylic oxidation sites excluding steroid dienone is 16. The van der Waals surface area contributed by atoms with E-state index in [9.17, 15) is 14.4 Å². The highest BCUT2D eigenvalue weighted by Gasteiger charge is 2.19. The molecule has 0 spiro atoms. The molecule has 0 saturated heterocycles. The Morgan fingerprint density at radius 1 is 0.263 bits per heavy atom. The lowest BCUT2D eigenvalue weighted by molar-refractivity contribution is -0.167. The van der Waals surface area contributed by atoms with Crippen LogP contribution < -0.4 is 0 Å². The molecule has 0 aliphatic rings. The first-order valence-corrected chi connectivity index (χ1v) is 34.2. The van der Waals surface area contributed by atoms with Crippen LogP contribution >= 0.6 is 0 Å². The molecule has 0 heterocycles. The Morgan fingerprint density at radius 3 is 0.800 bits per heavy atom. The highest BCUT2D eigenvalue weighted by molar-refractivity contribution is 5.71. The molecular weight excluding hydrogens is 985 g/mol. The van der Waals surface area contributed by atoms with Crippen LogP contribution in [0.3, 0.4) is 0 Å². The first-order valence-electron chi connectivity index (χ1n) is 34.2. The zero-order valence-electron chi connectivity index (χ0n) is 52.8. The van der Waals surface area contributed by atoms with E-state index in [0.29, 0.717) is 19.3 Å². The van der Waals surface area contributed by atoms with Crippen molar-refractivity contribution in [3.63, 3.8) is 0 Å². The first kappa shape index (κ1) is 76.3. The van der Waals surface area contributed by atoms with Crippen LogP contribution in [0.2, 0.25) is 0 Å². The van der Waals surface area contributed by atoms with Crippen LogP contribution in [0.4, 0.5) is 0 Å². The summed E-state index contributed by atoms with van der Waals surface area (Å²) in [7, 11) is 0. The van der Waals surface area contributed by atoms with Gasteiger partial charge in [0.05, 0.1) is 0 Å². The summed E-state index contributed by atoms with van der Waals surface area (Å²) in [6, 6.07) is 0. The third kappa shape index (κ3) is 65.1. The maximum Gasteiger partial charge on any atom is 0.306 e. The largest absolute Gasteiger partial charge is 0.462 e. The smallest absolute Gasteiger partial charge is 0.306 e. The van der Waals surface area contributed by atoms with Gasteiger partial charge in [-0.2, -0.15) is 0 Å². The number of ether oxygens (including phenoxy) is 3. The van der Waals surface area contributed by atoms with Gasteiger partial charge in [-0.3, -0.25) is 14.4 Å². The van der Waals surface area contributed by atoms with Gasteiger partial charge in [0.1, 0.15) is 13.2 Å². The van der Waals surface area contributed by atoms with Gasteiger partial charge in [-0.1, -0.05) is 291 Å². The van der Waals surface area contributed by atoms with E-state index in [1.165, 1.54) is 180 Å². The molecule has 460 valence electrons. The second-order valence-electron chi connectivity index (χ2n) is 22.7. The minimum absolute atomic E-state index is 0.0880. The van der Waals surface area contributed by atoms with Crippen molar-refractivity contribution in [2.45, 2.75) is 341 Å². The number of unbranched alkanes of at least 4 members (excludes halogenated alkanes) is 35. The summed E-state index contributed by atoms with van der Waals surface area (Å²) in [5, 5.41) is 0. The highest BCUT2D eigenvalue weighted by Crippen LogP contribution is 2.17. The average Bonchev–Trinajstić information content (AvgIpc) is 3.46. The fraction of sp³-hybridized carbons (Fsp3) is 0.743. The predicted molar refractivity (Wildman–Crippen MR) is 348 cm³/mol. The van der Waals surface area contributed by atoms with Crippen molar-refractivity contribution >= 4 is 17.9 Å². The van der Waals surface area contributed by atoms with Crippen LogP contribution in [0, 0.1) is 0 Å². The van der Waals surface area contributed by atoms with E-state index < -0.39 is 6.10 Å². The Kier molecular flexibility index (Phi) is 64.7. The Balaban J connectivity index is 4.17. The lowest BCUT2D eigenvalue weighted by Gasteiger charge is -2.18. The van der Waals surface area contributed by atoms with Crippen molar-refractivity contribution in [2.24, 2.45) is 0 Å². The molecule has 1 unspecified atom stereocenters. The first-order chi connectivity index (χ1) is 39.5. The van der Waals surface area contributed by atoms with Crippen LogP contribution in [0.5, 0.6) is 0 Å². The Labute approximate surface area is 496 Å². The maximum absolute atomic E-state index is 12.9. The van der Waals surface area contributed by atoms with Crippen molar-refractivity contribution in [1.29, 1.82) is 0 Å². The molecule has 0 aromatic carbocycles. The fourth-order valence-corrected chi connectivity index (χ4v) is 9.67. The number of carbonyl (C=O) groups is 3. The molecule has 0 saturated carbocycles. The molecule has 0 aromatic rings. The summed E-state index contributed by atoms with van der Waals surface area (Å²) in [6.07, 6.45) is 91.6. The second kappa shape index (κ2) is 67.8. The normalized spacial score (nSPS) is 12.7. The topological polar surface area (TPSA) is 78.9 Å². The zero-order valence-corrected chi connectivity index (χ0v) is 52.8. The van der Waals surface area contributed by atoms with Gasteiger partial charge in [0.25, 0.3) is 0 Å². The molecule has 0 rings (SSSR count). The van der Waals surface area contributed by atoms with Gasteiger partial charge in [-0.15, -0.1) is 0 Å². The van der Waals surface area contributed by atoms with Crippen LogP contribution in [-0.2, 0) is 28.6 Å². The van der Waals surface area contributed by atoms with Crippen LogP contribution in [0.1, 0.15) is 335 Å². The molecule has 0 radical (unpaired) electrons. The lowest BCUT2D eigenvalue weighted by atomic mass is 10.0. The SMILES string of the molecule is CC/C=C\C/C=C\C/C=C\C/C=C\CCCCCCC(=O)OC(COC(=O)CCCCCCC/C=C\CCCCC)COC(=O)CCCCCCCCCCCCCCCCCCCC/C=C\C/C=C\C/C=C\CCCCCCC. The maximum atomic E-state index is 12.9. The Bertz CT molecular complexity index is 1560. The summed E-state index contributed by atoms with van der Waals surface area (Å²) in [5.41, 5.74) is 0. The van der Waals surface area contributed by atoms with Crippen LogP contribution in [-0.4, -0.2) is 37.2 Å². The predicted octanol–water partition coefficient (Wildman–Crippen LogP) is 23.6. The van der Waals surface area contributed by atoms with E-state index >= 15 is 0 Å². The molecule has 6 nitrogen and oxygen atoms in total. The van der Waals surface area contributed by atoms with E-state index in [4.69, 9.17) is 14.2 Å². The molecule has 0 aliphatic carbocycles. The van der Waals surface area contributed by atoms with Gasteiger partial charge in [0, 0.05) is 19.3 Å². The lowest BCUT2D eigenvalue weighted by Crippen LogP contribution is -2.30. The summed E-state index contributed by atoms with van der Waals surface area (Å²) in [4.78, 5) is 38.3. The summed E-state index contributed by atoms with van der Waals surface area (Å²) in [5.74, 6) is -0.910. The minimum Gasteiger partial charge on any atom is -0.462 e. The van der Waals surface area contributed by atoms with E-state index in [1.54, 1.807) is 0 Å². The molecule has 0 bridgehead atoms. The molecule has 0 fully saturated rings. The highest BCUT2D eigenvalue weighted by atomic mass is 16.6. The van der Waals surface area contributed by atoms with Gasteiger partial charge in [0.2, 0.25) is 0 Å². The Hall–Kier alpha value is -3.67. The number of hydrogen-bond acceptors (Lipinski definition) is 6. The molecule has 0 aliphatic heterocycles. The van der Waals surface area contributed by atoms with Gasteiger partial charge in [0.15, 0.2) is 6.10 Å². The van der Waals surface area contributed by atoms with Gasteiger partial charge < -0.3 is 14.2 Å². The van der Waals surface area contributed by atoms with Gasteiger partial charge in [-0.25, -0.2) is 0 Å². The van der Waals surface area contributed by atoms with Crippen molar-refractivity contribution in [1.82, 2.24) is 0 Å². The van der Waals surface area contributed by atoms with Crippen molar-refractivity contribution in [2.75, 3.05) is 13.2 Å². The summed E-state index contributed by atoms with van der Waals surface area (Å²) in [6.45, 7) is 6.49. The number of hydrogen-bond donors (Lipinski definition) is 0. The molecule has 1 atom stereocenters. The minimum atomic E-state index is -0.794. The van der Waals surface area contributed by atoms with E-state index in [1.807, 2.05) is 0 Å². The number of esters is 3. The zero-order chi connectivity index (χ0) is 57.8. The average molecular weight is 1110 g/mol. The van der Waals surface area contributed by atoms with Crippen molar-refractivity contribution in [3.05, 3.63) is 97.2 Å². The molecule has 80 heavy (non-hydrogen) atoms. The van der Waals surface area contributed by atoms with Gasteiger partial charge >= 0.3 is 17.9 Å². The van der Waals surface area contributed by atoms with Crippen molar-refractivity contribution in [3.8, 4) is 0 Å². The van der Waals surface area contributed by atoms with Crippen LogP contribution in [0.25, 0.3) is 0 Å². The molecule has 0 aromatic heterocycles. The summed E-state index contributed by atoms with van der Waals surface area (Å²) >= 11 is 0. The molecular formula is C74H128O6. The molecule has 0 N–H and O–H groups in total. The quantitative estimate of drug-likeness (QED) is 0.0261. The molecule has 0 amide bonds. The number of rotatable bonds is 62. The van der Waals surface area contributed by atoms with E-state index in [0.717, 1.165) is 116 Å². The van der Waals surface area contributed by atoms with E-state index in [-0.39, 0.29) is 31.1 Å². The van der Waals surface area contributed by atoms with E-state index in [2.05, 4.69) is 118 Å². The number of carbonyl (C=O) groups excluding carboxylic acids is 3. The molecule has 6 heteroatoms. The Morgan fingerprint density at radius 2 is 0.487 bits per heavy atom. The second-order valence-corrected chi connectivity index (χ2v) is 22.7. The third-order valence-corrected chi connectivity index (χ3v) is 14.8. The monoisotopic (exact) mass is 1110 g/mol. The van der Waals surface area contributed by atoms with Gasteiger partial charge in [-0.05, 0) is 122 Å². The summed E-state index contributed by atoms with van der Waals surface area (Å²) < 4.78 is 16.9.